The van der Waals surface area contributed by atoms with E-state index in [1.165, 1.54) is 18.4 Å². The highest BCUT2D eigenvalue weighted by Gasteiger charge is 2.49. The van der Waals surface area contributed by atoms with Crippen molar-refractivity contribution in [2.24, 2.45) is 23.5 Å². The molecule has 5 nitrogen and oxygen atoms in total. The third kappa shape index (κ3) is 2.13. The number of hydrogen-bond donors (Lipinski definition) is 2. The highest BCUT2D eigenvalue weighted by Crippen LogP contribution is 2.48. The Morgan fingerprint density at radius 1 is 1.40 bits per heavy atom. The van der Waals surface area contributed by atoms with Gasteiger partial charge in [-0.25, -0.2) is 4.79 Å². The van der Waals surface area contributed by atoms with Gasteiger partial charge < -0.3 is 15.8 Å². The lowest BCUT2D eigenvalue weighted by atomic mass is 9.84. The SMILES string of the molecule is COC(=O)c1sccc1NC(=O)C1C2CCC(C2)C1N. The van der Waals surface area contributed by atoms with E-state index in [0.717, 1.165) is 19.3 Å². The molecule has 1 heterocycles. The van der Waals surface area contributed by atoms with Gasteiger partial charge in [-0.05, 0) is 42.5 Å². The molecule has 3 rings (SSSR count). The Bertz CT molecular complexity index is 540. The van der Waals surface area contributed by atoms with Crippen LogP contribution in [-0.2, 0) is 9.53 Å². The Hall–Kier alpha value is -1.40. The number of hydrogen-bond acceptors (Lipinski definition) is 5. The molecule has 2 fully saturated rings. The standard InChI is InChI=1S/C14H18N2O3S/c1-19-14(18)12-9(4-5-20-12)16-13(17)10-7-2-3-8(6-7)11(10)15/h4-5,7-8,10-11H,2-3,6,15H2,1H3,(H,16,17). The first-order valence-electron chi connectivity index (χ1n) is 6.84. The molecule has 0 radical (unpaired) electrons. The minimum absolute atomic E-state index is 0.0473. The van der Waals surface area contributed by atoms with Crippen LogP contribution < -0.4 is 11.1 Å². The number of fused-ring (bicyclic) bond motifs is 2. The lowest BCUT2D eigenvalue weighted by Crippen LogP contribution is -2.42. The summed E-state index contributed by atoms with van der Waals surface area (Å²) in [5, 5.41) is 4.62. The molecule has 108 valence electrons. The molecule has 3 N–H and O–H groups in total. The van der Waals surface area contributed by atoms with Gasteiger partial charge in [-0.1, -0.05) is 0 Å². The number of thiophene rings is 1. The fourth-order valence-corrected chi connectivity index (χ4v) is 4.37. The van der Waals surface area contributed by atoms with Crippen LogP contribution in [0.5, 0.6) is 0 Å². The molecule has 2 aliphatic carbocycles. The lowest BCUT2D eigenvalue weighted by molar-refractivity contribution is -0.121. The van der Waals surface area contributed by atoms with Gasteiger partial charge in [-0.3, -0.25) is 4.79 Å². The Morgan fingerprint density at radius 2 is 2.15 bits per heavy atom. The zero-order valence-electron chi connectivity index (χ0n) is 11.3. The maximum Gasteiger partial charge on any atom is 0.350 e. The number of amides is 1. The van der Waals surface area contributed by atoms with Crippen LogP contribution in [0.25, 0.3) is 0 Å². The highest BCUT2D eigenvalue weighted by molar-refractivity contribution is 7.12. The van der Waals surface area contributed by atoms with E-state index >= 15 is 0 Å². The van der Waals surface area contributed by atoms with Gasteiger partial charge >= 0.3 is 5.97 Å². The quantitative estimate of drug-likeness (QED) is 0.834. The van der Waals surface area contributed by atoms with Gasteiger partial charge in [0.05, 0.1) is 18.7 Å². The van der Waals surface area contributed by atoms with Crippen molar-refractivity contribution in [1.29, 1.82) is 0 Å². The van der Waals surface area contributed by atoms with Crippen molar-refractivity contribution in [3.05, 3.63) is 16.3 Å². The summed E-state index contributed by atoms with van der Waals surface area (Å²) >= 11 is 1.26. The Kier molecular flexibility index (Phi) is 3.52. The molecule has 0 aromatic carbocycles. The largest absolute Gasteiger partial charge is 0.465 e. The van der Waals surface area contributed by atoms with E-state index in [1.807, 2.05) is 0 Å². The van der Waals surface area contributed by atoms with Gasteiger partial charge in [0.15, 0.2) is 0 Å². The van der Waals surface area contributed by atoms with Crippen LogP contribution in [0.4, 0.5) is 5.69 Å². The first kappa shape index (κ1) is 13.6. The average Bonchev–Trinajstić information content (AvgIpc) is 3.12. The number of esters is 1. The van der Waals surface area contributed by atoms with Gasteiger partial charge in [0, 0.05) is 6.04 Å². The van der Waals surface area contributed by atoms with E-state index in [9.17, 15) is 9.59 Å². The van der Waals surface area contributed by atoms with Crippen molar-refractivity contribution in [3.8, 4) is 0 Å². The maximum absolute atomic E-state index is 12.4. The molecular weight excluding hydrogens is 276 g/mol. The zero-order valence-corrected chi connectivity index (χ0v) is 12.1. The summed E-state index contributed by atoms with van der Waals surface area (Å²) in [7, 11) is 1.33. The number of nitrogens with one attached hydrogen (secondary N) is 1. The molecule has 1 aromatic rings. The van der Waals surface area contributed by atoms with Gasteiger partial charge in [-0.15, -0.1) is 11.3 Å². The van der Waals surface area contributed by atoms with Crippen LogP contribution in [0, 0.1) is 17.8 Å². The topological polar surface area (TPSA) is 81.4 Å². The number of ether oxygens (including phenoxy) is 1. The molecule has 4 atom stereocenters. The van der Waals surface area contributed by atoms with E-state index in [0.29, 0.717) is 22.4 Å². The first-order chi connectivity index (χ1) is 9.61. The van der Waals surface area contributed by atoms with Crippen molar-refractivity contribution in [2.45, 2.75) is 25.3 Å². The molecule has 2 aliphatic rings. The van der Waals surface area contributed by atoms with E-state index in [4.69, 9.17) is 10.5 Å². The molecule has 1 aromatic heterocycles. The fraction of sp³-hybridized carbons (Fsp3) is 0.571. The predicted molar refractivity (Wildman–Crippen MR) is 76.6 cm³/mol. The minimum atomic E-state index is -0.424. The summed E-state index contributed by atoms with van der Waals surface area (Å²) in [5.74, 6) is 0.272. The Labute approximate surface area is 121 Å². The average molecular weight is 294 g/mol. The highest BCUT2D eigenvalue weighted by atomic mass is 32.1. The van der Waals surface area contributed by atoms with Crippen molar-refractivity contribution in [3.63, 3.8) is 0 Å². The molecule has 2 bridgehead atoms. The van der Waals surface area contributed by atoms with Crippen LogP contribution in [0.2, 0.25) is 0 Å². The molecule has 1 amide bonds. The number of carbonyl (C=O) groups is 2. The predicted octanol–water partition coefficient (Wildman–Crippen LogP) is 1.85. The van der Waals surface area contributed by atoms with Crippen molar-refractivity contribution in [2.75, 3.05) is 12.4 Å². The third-order valence-electron chi connectivity index (χ3n) is 4.58. The first-order valence-corrected chi connectivity index (χ1v) is 7.72. The molecule has 20 heavy (non-hydrogen) atoms. The summed E-state index contributed by atoms with van der Waals surface area (Å²) in [4.78, 5) is 24.5. The number of rotatable bonds is 3. The number of nitrogens with two attached hydrogens (primary N) is 1. The van der Waals surface area contributed by atoms with E-state index in [1.54, 1.807) is 11.4 Å². The summed E-state index contributed by atoms with van der Waals surface area (Å²) in [5.41, 5.74) is 6.70. The number of anilines is 1. The Morgan fingerprint density at radius 3 is 2.80 bits per heavy atom. The van der Waals surface area contributed by atoms with E-state index in [-0.39, 0.29) is 17.9 Å². The molecule has 6 heteroatoms. The van der Waals surface area contributed by atoms with E-state index in [2.05, 4.69) is 5.32 Å². The Balaban J connectivity index is 1.74. The number of carbonyl (C=O) groups excluding carboxylic acids is 2. The van der Waals surface area contributed by atoms with Gasteiger partial charge in [0.25, 0.3) is 0 Å². The van der Waals surface area contributed by atoms with Crippen LogP contribution >= 0.6 is 11.3 Å². The molecular formula is C14H18N2O3S. The van der Waals surface area contributed by atoms with Crippen molar-refractivity contribution in [1.82, 2.24) is 0 Å². The van der Waals surface area contributed by atoms with Crippen LogP contribution in [0.1, 0.15) is 28.9 Å². The van der Waals surface area contributed by atoms with Gasteiger partial charge in [0.1, 0.15) is 4.88 Å². The van der Waals surface area contributed by atoms with Gasteiger partial charge in [0.2, 0.25) is 5.91 Å². The lowest BCUT2D eigenvalue weighted by Gasteiger charge is -2.26. The second kappa shape index (κ2) is 5.18. The smallest absolute Gasteiger partial charge is 0.350 e. The number of methoxy groups -OCH3 is 1. The van der Waals surface area contributed by atoms with Crippen LogP contribution in [0.3, 0.4) is 0 Å². The molecule has 0 spiro atoms. The van der Waals surface area contributed by atoms with Crippen LogP contribution in [-0.4, -0.2) is 25.0 Å². The molecule has 4 unspecified atom stereocenters. The summed E-state index contributed by atoms with van der Waals surface area (Å²) in [6.07, 6.45) is 3.29. The third-order valence-corrected chi connectivity index (χ3v) is 5.47. The summed E-state index contributed by atoms with van der Waals surface area (Å²) in [6, 6.07) is 1.68. The van der Waals surface area contributed by atoms with Crippen LogP contribution in [0.15, 0.2) is 11.4 Å². The fourth-order valence-electron chi connectivity index (χ4n) is 3.60. The second-order valence-corrected chi connectivity index (χ2v) is 6.50. The normalized spacial score (nSPS) is 31.3. The summed E-state index contributed by atoms with van der Waals surface area (Å²) in [6.45, 7) is 0. The second-order valence-electron chi connectivity index (χ2n) is 5.58. The van der Waals surface area contributed by atoms with Crippen molar-refractivity contribution >= 4 is 28.9 Å². The van der Waals surface area contributed by atoms with E-state index < -0.39 is 5.97 Å². The molecule has 0 saturated heterocycles. The molecule has 0 aliphatic heterocycles. The van der Waals surface area contributed by atoms with Gasteiger partial charge in [-0.2, -0.15) is 0 Å². The molecule has 2 saturated carbocycles. The maximum atomic E-state index is 12.4. The van der Waals surface area contributed by atoms with Crippen molar-refractivity contribution < 1.29 is 14.3 Å². The monoisotopic (exact) mass is 294 g/mol. The summed E-state index contributed by atoms with van der Waals surface area (Å²) < 4.78 is 4.71. The minimum Gasteiger partial charge on any atom is -0.465 e. The zero-order chi connectivity index (χ0) is 14.3.